The van der Waals surface area contributed by atoms with Crippen LogP contribution in [-0.2, 0) is 29.3 Å². The van der Waals surface area contributed by atoms with Gasteiger partial charge in [-0.15, -0.1) is 0 Å². The van der Waals surface area contributed by atoms with Gasteiger partial charge < -0.3 is 13.8 Å². The number of hydrogen-bond donors (Lipinski definition) is 0. The van der Waals surface area contributed by atoms with Crippen LogP contribution in [0.1, 0.15) is 18.1 Å². The molecule has 0 heterocycles. The normalized spacial score (nSPS) is 12.3. The van der Waals surface area contributed by atoms with Crippen LogP contribution in [0.3, 0.4) is 0 Å². The zero-order valence-corrected chi connectivity index (χ0v) is 13.0. The molecule has 5 nitrogen and oxygen atoms in total. The second-order valence-corrected chi connectivity index (χ2v) is 6.25. The third-order valence-corrected chi connectivity index (χ3v) is 4.76. The van der Waals surface area contributed by atoms with E-state index >= 15 is 0 Å². The first-order chi connectivity index (χ1) is 9.51. The highest BCUT2D eigenvalue weighted by Crippen LogP contribution is 2.50. The Bertz CT molecular complexity index is 542. The molecule has 1 aromatic carbocycles. The average molecular weight is 298 g/mol. The molecule has 1 rings (SSSR count). The zero-order chi connectivity index (χ0) is 15.2. The van der Waals surface area contributed by atoms with Crippen LogP contribution >= 0.6 is 7.60 Å². The molecule has 0 aromatic heterocycles. The van der Waals surface area contributed by atoms with Crippen LogP contribution < -0.4 is 0 Å². The lowest BCUT2D eigenvalue weighted by molar-refractivity contribution is -0.133. The zero-order valence-electron chi connectivity index (χ0n) is 12.1. The minimum Gasteiger partial charge on any atom is -0.465 e. The van der Waals surface area contributed by atoms with Gasteiger partial charge in [0.05, 0.1) is 18.8 Å². The fraction of sp³-hybridized carbons (Fsp3) is 0.357. The second-order valence-electron chi connectivity index (χ2n) is 3.99. The Labute approximate surface area is 119 Å². The number of carbonyl (C=O) groups is 1. The molecule has 0 radical (unpaired) electrons. The van der Waals surface area contributed by atoms with Gasteiger partial charge in [0.25, 0.3) is 0 Å². The lowest BCUT2D eigenvalue weighted by atomic mass is 10.0. The van der Waals surface area contributed by atoms with Crippen molar-refractivity contribution in [3.05, 3.63) is 41.5 Å². The lowest BCUT2D eigenvalue weighted by Crippen LogP contribution is -2.06. The SMILES string of the molecule is C/C=C(\C(=O)OC)c1ccccc1CP(=O)(OC)OC. The van der Waals surface area contributed by atoms with Gasteiger partial charge in [0.1, 0.15) is 0 Å². The van der Waals surface area contributed by atoms with Crippen molar-refractivity contribution in [1.29, 1.82) is 0 Å². The van der Waals surface area contributed by atoms with Gasteiger partial charge in [0.2, 0.25) is 0 Å². The summed E-state index contributed by atoms with van der Waals surface area (Å²) in [5.41, 5.74) is 1.79. The van der Waals surface area contributed by atoms with Gasteiger partial charge in [-0.05, 0) is 18.1 Å². The average Bonchev–Trinajstić information content (AvgIpc) is 2.49. The first kappa shape index (κ1) is 16.6. The summed E-state index contributed by atoms with van der Waals surface area (Å²) in [6, 6.07) is 7.17. The Kier molecular flexibility index (Phi) is 6.14. The predicted octanol–water partition coefficient (Wildman–Crippen LogP) is 3.25. The number of hydrogen-bond acceptors (Lipinski definition) is 5. The lowest BCUT2D eigenvalue weighted by Gasteiger charge is -2.16. The van der Waals surface area contributed by atoms with E-state index in [4.69, 9.17) is 13.8 Å². The Morgan fingerprint density at radius 2 is 1.80 bits per heavy atom. The van der Waals surface area contributed by atoms with E-state index in [9.17, 15) is 9.36 Å². The van der Waals surface area contributed by atoms with Crippen LogP contribution in [0, 0.1) is 0 Å². The van der Waals surface area contributed by atoms with Gasteiger partial charge in [0.15, 0.2) is 0 Å². The number of esters is 1. The third kappa shape index (κ3) is 3.79. The van der Waals surface area contributed by atoms with Crippen molar-refractivity contribution in [2.45, 2.75) is 13.1 Å². The highest BCUT2D eigenvalue weighted by molar-refractivity contribution is 7.52. The molecule has 0 spiro atoms. The Morgan fingerprint density at radius 1 is 1.20 bits per heavy atom. The van der Waals surface area contributed by atoms with Crippen LogP contribution in [0.25, 0.3) is 5.57 Å². The molecule has 1 aromatic rings. The topological polar surface area (TPSA) is 61.8 Å². The van der Waals surface area contributed by atoms with E-state index < -0.39 is 13.6 Å². The molecule has 6 heteroatoms. The minimum absolute atomic E-state index is 0.0878. The maximum absolute atomic E-state index is 12.2. The summed E-state index contributed by atoms with van der Waals surface area (Å²) in [6.45, 7) is 1.75. The van der Waals surface area contributed by atoms with Crippen LogP contribution in [0.4, 0.5) is 0 Å². The van der Waals surface area contributed by atoms with E-state index in [2.05, 4.69) is 0 Å². The monoisotopic (exact) mass is 298 g/mol. The smallest absolute Gasteiger partial charge is 0.338 e. The largest absolute Gasteiger partial charge is 0.465 e. The van der Waals surface area contributed by atoms with Crippen molar-refractivity contribution in [2.24, 2.45) is 0 Å². The molecule has 0 N–H and O–H groups in total. The van der Waals surface area contributed by atoms with Crippen molar-refractivity contribution in [1.82, 2.24) is 0 Å². The van der Waals surface area contributed by atoms with E-state index in [1.165, 1.54) is 21.3 Å². The van der Waals surface area contributed by atoms with Crippen LogP contribution in [0.15, 0.2) is 30.3 Å². The fourth-order valence-corrected chi connectivity index (χ4v) is 2.93. The molecule has 0 unspecified atom stereocenters. The van der Waals surface area contributed by atoms with Gasteiger partial charge in [-0.1, -0.05) is 30.3 Å². The molecule has 0 amide bonds. The Hall–Kier alpha value is -1.42. The highest BCUT2D eigenvalue weighted by Gasteiger charge is 2.25. The maximum Gasteiger partial charge on any atom is 0.338 e. The number of carbonyl (C=O) groups excluding carboxylic acids is 1. The van der Waals surface area contributed by atoms with Crippen LogP contribution in [0.5, 0.6) is 0 Å². The van der Waals surface area contributed by atoms with Gasteiger partial charge in [-0.25, -0.2) is 4.79 Å². The molecule has 0 aliphatic rings. The van der Waals surface area contributed by atoms with Crippen molar-refractivity contribution >= 4 is 19.1 Å². The quantitative estimate of drug-likeness (QED) is 0.458. The highest BCUT2D eigenvalue weighted by atomic mass is 31.2. The van der Waals surface area contributed by atoms with E-state index in [0.29, 0.717) is 16.7 Å². The van der Waals surface area contributed by atoms with Gasteiger partial charge >= 0.3 is 13.6 Å². The molecule has 0 saturated heterocycles. The number of benzene rings is 1. The summed E-state index contributed by atoms with van der Waals surface area (Å²) in [4.78, 5) is 11.8. The number of allylic oxidation sites excluding steroid dienone is 1. The molecule has 110 valence electrons. The van der Waals surface area contributed by atoms with Gasteiger partial charge in [0, 0.05) is 14.2 Å². The molecular formula is C14H19O5P. The molecule has 0 atom stereocenters. The summed E-state index contributed by atoms with van der Waals surface area (Å²) in [5, 5.41) is 0. The molecule has 20 heavy (non-hydrogen) atoms. The first-order valence-corrected chi connectivity index (χ1v) is 7.77. The molecule has 0 bridgehead atoms. The van der Waals surface area contributed by atoms with Gasteiger partial charge in [-0.2, -0.15) is 0 Å². The fourth-order valence-electron chi connectivity index (χ4n) is 1.83. The van der Waals surface area contributed by atoms with Crippen LogP contribution in [0.2, 0.25) is 0 Å². The van der Waals surface area contributed by atoms with Crippen molar-refractivity contribution < 1.29 is 23.1 Å². The summed E-state index contributed by atoms with van der Waals surface area (Å²) >= 11 is 0. The van der Waals surface area contributed by atoms with E-state index in [1.807, 2.05) is 0 Å². The standard InChI is InChI=1S/C14H19O5P/c1-5-12(14(15)17-2)13-9-7-6-8-11(13)10-20(16,18-3)19-4/h5-9H,10H2,1-4H3/b12-5-. The molecule has 0 aliphatic heterocycles. The number of methoxy groups -OCH3 is 1. The summed E-state index contributed by atoms with van der Waals surface area (Å²) < 4.78 is 26.9. The van der Waals surface area contributed by atoms with Crippen molar-refractivity contribution in [3.63, 3.8) is 0 Å². The Balaban J connectivity index is 3.24. The third-order valence-electron chi connectivity index (χ3n) is 2.92. The van der Waals surface area contributed by atoms with E-state index in [-0.39, 0.29) is 6.16 Å². The van der Waals surface area contributed by atoms with Crippen LogP contribution in [-0.4, -0.2) is 27.3 Å². The van der Waals surface area contributed by atoms with Crippen molar-refractivity contribution in [2.75, 3.05) is 21.3 Å². The minimum atomic E-state index is -3.20. The van der Waals surface area contributed by atoms with Crippen molar-refractivity contribution in [3.8, 4) is 0 Å². The molecule has 0 saturated carbocycles. The number of ether oxygens (including phenoxy) is 1. The molecule has 0 fully saturated rings. The summed E-state index contributed by atoms with van der Waals surface area (Å²) in [5.74, 6) is -0.440. The van der Waals surface area contributed by atoms with E-state index in [1.54, 1.807) is 37.3 Å². The van der Waals surface area contributed by atoms with E-state index in [0.717, 1.165) is 0 Å². The first-order valence-electron chi connectivity index (χ1n) is 6.04. The predicted molar refractivity (Wildman–Crippen MR) is 77.4 cm³/mol. The number of rotatable bonds is 6. The Morgan fingerprint density at radius 3 is 2.30 bits per heavy atom. The summed E-state index contributed by atoms with van der Waals surface area (Å²) in [6.07, 6.45) is 1.75. The summed E-state index contributed by atoms with van der Waals surface area (Å²) in [7, 11) is 0.799. The second kappa shape index (κ2) is 7.39. The molecule has 0 aliphatic carbocycles. The molecular weight excluding hydrogens is 279 g/mol. The van der Waals surface area contributed by atoms with Gasteiger partial charge in [-0.3, -0.25) is 4.57 Å². The maximum atomic E-state index is 12.2.